The minimum absolute atomic E-state index is 0.270. The van der Waals surface area contributed by atoms with Crippen LogP contribution in [0.1, 0.15) is 49.9 Å². The number of aryl methyl sites for hydroxylation is 1. The summed E-state index contributed by atoms with van der Waals surface area (Å²) in [6.07, 6.45) is 8.23. The van der Waals surface area contributed by atoms with Crippen LogP contribution in [-0.2, 0) is 5.41 Å². The van der Waals surface area contributed by atoms with E-state index in [2.05, 4.69) is 20.6 Å². The second kappa shape index (κ2) is 3.88. The maximum absolute atomic E-state index is 5.36. The Morgan fingerprint density at radius 2 is 1.63 bits per heavy atom. The van der Waals surface area contributed by atoms with E-state index in [9.17, 15) is 0 Å². The molecule has 0 aliphatic heterocycles. The van der Waals surface area contributed by atoms with Gasteiger partial charge in [0.15, 0.2) is 0 Å². The normalized spacial score (nSPS) is 39.6. The first kappa shape index (κ1) is 11.6. The number of hydrogen-bond acceptors (Lipinski definition) is 5. The lowest BCUT2D eigenvalue weighted by Gasteiger charge is -2.56. The van der Waals surface area contributed by atoms with Gasteiger partial charge < -0.3 is 0 Å². The first-order valence-electron chi connectivity index (χ1n) is 7.37. The van der Waals surface area contributed by atoms with Crippen LogP contribution in [0.25, 0.3) is 0 Å². The molecule has 4 aliphatic carbocycles. The van der Waals surface area contributed by atoms with Gasteiger partial charge in [-0.15, -0.1) is 10.2 Å². The summed E-state index contributed by atoms with van der Waals surface area (Å²) in [4.78, 5) is 4.44. The SMILES string of the molecule is Cc1nc(NN)nnc1C12CC3CC(CC(C3)C1)C2. The molecule has 1 aromatic heterocycles. The second-order valence-corrected chi connectivity index (χ2v) is 6.91. The van der Waals surface area contributed by atoms with Gasteiger partial charge >= 0.3 is 0 Å². The molecule has 4 aliphatic rings. The maximum atomic E-state index is 5.36. The average Bonchev–Trinajstić information content (AvgIpc) is 2.36. The molecule has 3 N–H and O–H groups in total. The van der Waals surface area contributed by atoms with Crippen LogP contribution in [0.3, 0.4) is 0 Å². The van der Waals surface area contributed by atoms with Crippen molar-refractivity contribution < 1.29 is 0 Å². The highest BCUT2D eigenvalue weighted by Crippen LogP contribution is 2.60. The Hall–Kier alpha value is -1.23. The van der Waals surface area contributed by atoms with Gasteiger partial charge in [-0.1, -0.05) is 0 Å². The van der Waals surface area contributed by atoms with Crippen molar-refractivity contribution in [2.24, 2.45) is 23.6 Å². The van der Waals surface area contributed by atoms with Gasteiger partial charge in [-0.2, -0.15) is 0 Å². The van der Waals surface area contributed by atoms with Crippen LogP contribution in [0, 0.1) is 24.7 Å². The van der Waals surface area contributed by atoms with Crippen LogP contribution >= 0.6 is 0 Å². The third-order valence-electron chi connectivity index (χ3n) is 5.53. The van der Waals surface area contributed by atoms with E-state index in [0.717, 1.165) is 29.1 Å². The Balaban J connectivity index is 1.75. The van der Waals surface area contributed by atoms with Crippen LogP contribution in [0.15, 0.2) is 0 Å². The summed E-state index contributed by atoms with van der Waals surface area (Å²) in [5, 5.41) is 8.60. The first-order chi connectivity index (χ1) is 9.18. The summed E-state index contributed by atoms with van der Waals surface area (Å²) in [7, 11) is 0. The molecular formula is C14H21N5. The Bertz CT molecular complexity index is 477. The van der Waals surface area contributed by atoms with Crippen LogP contribution in [0.5, 0.6) is 0 Å². The molecule has 0 radical (unpaired) electrons. The van der Waals surface area contributed by atoms with E-state index in [4.69, 9.17) is 5.84 Å². The fourth-order valence-electron chi connectivity index (χ4n) is 5.36. The quantitative estimate of drug-likeness (QED) is 0.627. The van der Waals surface area contributed by atoms with Gasteiger partial charge in [0, 0.05) is 5.41 Å². The molecule has 0 spiro atoms. The van der Waals surface area contributed by atoms with Gasteiger partial charge in [-0.3, -0.25) is 5.43 Å². The minimum atomic E-state index is 0.270. The first-order valence-corrected chi connectivity index (χ1v) is 7.37. The average molecular weight is 259 g/mol. The molecule has 102 valence electrons. The Morgan fingerprint density at radius 3 is 2.11 bits per heavy atom. The van der Waals surface area contributed by atoms with E-state index >= 15 is 0 Å². The Morgan fingerprint density at radius 1 is 1.05 bits per heavy atom. The standard InChI is InChI=1S/C14H21N5/c1-8-12(18-19-13(16-8)17-15)14-5-9-2-10(6-14)4-11(3-9)7-14/h9-11H,2-7,15H2,1H3,(H,16,17,19). The Kier molecular flexibility index (Phi) is 2.37. The summed E-state index contributed by atoms with van der Waals surface area (Å²) in [6.45, 7) is 2.05. The third kappa shape index (κ3) is 1.67. The fourth-order valence-corrected chi connectivity index (χ4v) is 5.36. The zero-order valence-corrected chi connectivity index (χ0v) is 11.4. The number of nitrogens with zero attached hydrogens (tertiary/aromatic N) is 3. The summed E-state index contributed by atoms with van der Waals surface area (Å²) in [5.41, 5.74) is 4.90. The van der Waals surface area contributed by atoms with E-state index in [1.54, 1.807) is 0 Å². The molecule has 5 heteroatoms. The van der Waals surface area contributed by atoms with Gasteiger partial charge in [0.1, 0.15) is 0 Å². The summed E-state index contributed by atoms with van der Waals surface area (Å²) >= 11 is 0. The van der Waals surface area contributed by atoms with Crippen molar-refractivity contribution in [1.29, 1.82) is 0 Å². The number of nitrogens with one attached hydrogen (secondary N) is 1. The van der Waals surface area contributed by atoms with Crippen molar-refractivity contribution in [3.63, 3.8) is 0 Å². The molecule has 4 fully saturated rings. The van der Waals surface area contributed by atoms with Gasteiger partial charge in [-0.05, 0) is 63.2 Å². The topological polar surface area (TPSA) is 76.7 Å². The van der Waals surface area contributed by atoms with Crippen molar-refractivity contribution in [2.75, 3.05) is 5.43 Å². The number of nitrogens with two attached hydrogens (primary N) is 1. The lowest BCUT2D eigenvalue weighted by Crippen LogP contribution is -2.49. The van der Waals surface area contributed by atoms with Crippen molar-refractivity contribution in [2.45, 2.75) is 50.9 Å². The monoisotopic (exact) mass is 259 g/mol. The molecule has 1 aromatic rings. The maximum Gasteiger partial charge on any atom is 0.257 e. The lowest BCUT2D eigenvalue weighted by molar-refractivity contribution is -0.00811. The smallest absolute Gasteiger partial charge is 0.257 e. The molecule has 5 nitrogen and oxygen atoms in total. The molecule has 19 heavy (non-hydrogen) atoms. The van der Waals surface area contributed by atoms with Gasteiger partial charge in [0.2, 0.25) is 0 Å². The predicted octanol–water partition coefficient (Wildman–Crippen LogP) is 1.93. The molecule has 0 saturated heterocycles. The predicted molar refractivity (Wildman–Crippen MR) is 72.2 cm³/mol. The highest BCUT2D eigenvalue weighted by molar-refractivity contribution is 5.30. The van der Waals surface area contributed by atoms with Gasteiger partial charge in [0.25, 0.3) is 5.95 Å². The third-order valence-corrected chi connectivity index (χ3v) is 5.53. The highest BCUT2D eigenvalue weighted by Gasteiger charge is 2.53. The Labute approximate surface area is 113 Å². The number of hydrazine groups is 1. The van der Waals surface area contributed by atoms with Crippen LogP contribution < -0.4 is 11.3 Å². The molecule has 0 unspecified atom stereocenters. The van der Waals surface area contributed by atoms with E-state index in [1.165, 1.54) is 38.5 Å². The number of anilines is 1. The zero-order valence-electron chi connectivity index (χ0n) is 11.4. The molecule has 4 saturated carbocycles. The molecule has 5 rings (SSSR count). The molecule has 0 aromatic carbocycles. The van der Waals surface area contributed by atoms with Crippen LogP contribution in [-0.4, -0.2) is 15.2 Å². The summed E-state index contributed by atoms with van der Waals surface area (Å²) < 4.78 is 0. The van der Waals surface area contributed by atoms with Crippen molar-refractivity contribution >= 4 is 5.95 Å². The summed E-state index contributed by atoms with van der Waals surface area (Å²) in [6, 6.07) is 0. The number of rotatable bonds is 2. The van der Waals surface area contributed by atoms with Crippen molar-refractivity contribution in [3.05, 3.63) is 11.4 Å². The van der Waals surface area contributed by atoms with Crippen molar-refractivity contribution in [3.8, 4) is 0 Å². The molecule has 0 amide bonds. The van der Waals surface area contributed by atoms with Gasteiger partial charge in [0.05, 0.1) is 11.4 Å². The van der Waals surface area contributed by atoms with E-state index in [1.807, 2.05) is 6.92 Å². The number of hydrogen-bond donors (Lipinski definition) is 2. The molecular weight excluding hydrogens is 238 g/mol. The highest BCUT2D eigenvalue weighted by atomic mass is 15.3. The lowest BCUT2D eigenvalue weighted by atomic mass is 9.48. The number of aromatic nitrogens is 3. The molecule has 4 bridgehead atoms. The van der Waals surface area contributed by atoms with Crippen LogP contribution in [0.2, 0.25) is 0 Å². The van der Waals surface area contributed by atoms with E-state index in [0.29, 0.717) is 5.95 Å². The van der Waals surface area contributed by atoms with Crippen LogP contribution in [0.4, 0.5) is 5.95 Å². The number of nitrogen functional groups attached to an aromatic ring is 1. The van der Waals surface area contributed by atoms with Crippen molar-refractivity contribution in [1.82, 2.24) is 15.2 Å². The van der Waals surface area contributed by atoms with E-state index in [-0.39, 0.29) is 5.41 Å². The molecule has 1 heterocycles. The molecule has 0 atom stereocenters. The zero-order chi connectivity index (χ0) is 13.0. The fraction of sp³-hybridized carbons (Fsp3) is 0.786. The van der Waals surface area contributed by atoms with Gasteiger partial charge in [-0.25, -0.2) is 10.8 Å². The largest absolute Gasteiger partial charge is 0.291 e. The summed E-state index contributed by atoms with van der Waals surface area (Å²) in [5.74, 6) is 8.53. The second-order valence-electron chi connectivity index (χ2n) is 6.91. The minimum Gasteiger partial charge on any atom is -0.291 e. The van der Waals surface area contributed by atoms with E-state index < -0.39 is 0 Å².